The van der Waals surface area contributed by atoms with Crippen LogP contribution in [0, 0.1) is 5.92 Å². The van der Waals surface area contributed by atoms with Gasteiger partial charge in [-0.3, -0.25) is 24.5 Å². The van der Waals surface area contributed by atoms with E-state index < -0.39 is 102 Å². The van der Waals surface area contributed by atoms with Gasteiger partial charge < -0.3 is 43.8 Å². The highest BCUT2D eigenvalue weighted by Gasteiger charge is 2.48. The van der Waals surface area contributed by atoms with E-state index in [4.69, 9.17) is 33.2 Å². The van der Waals surface area contributed by atoms with Crippen molar-refractivity contribution < 1.29 is 66.7 Å². The lowest BCUT2D eigenvalue weighted by Crippen LogP contribution is -2.65. The summed E-state index contributed by atoms with van der Waals surface area (Å²) in [7, 11) is 1.06. The number of nitrogens with one attached hydrogen (secondary N) is 3. The number of hydrogen-bond donors (Lipinski definition) is 3. The second kappa shape index (κ2) is 19.5. The predicted octanol–water partition coefficient (Wildman–Crippen LogP) is 2.56. The molecule has 18 heteroatoms. The van der Waals surface area contributed by atoms with Gasteiger partial charge in [0.05, 0.1) is 19.2 Å². The number of carbonyl (C=O) groups excluding carboxylic acids is 7. The van der Waals surface area contributed by atoms with Gasteiger partial charge in [0, 0.05) is 27.2 Å². The lowest BCUT2D eigenvalue weighted by molar-refractivity contribution is -0.188. The second-order valence-corrected chi connectivity index (χ2v) is 13.9. The molecule has 51 heavy (non-hydrogen) atoms. The molecule has 288 valence electrons. The van der Waals surface area contributed by atoms with Crippen LogP contribution in [0.25, 0.3) is 0 Å². The molecule has 0 radical (unpaired) electrons. The normalized spacial score (nSPS) is 18.8. The highest BCUT2D eigenvalue weighted by atomic mass is 16.6. The Bertz CT molecular complexity index is 1350. The molecular weight excluding hydrogens is 676 g/mol. The SMILES string of the molecule is COC(=O)C1=C[C@H](N/C(=N\C(=O)OC(C)(C)C)NC(=O)OC(C)(C)C)[C@@H](NC(=O)CCC(C)C)[C@H]([C@H](OC(C)=O)[C@@H](COC(C)=O)OC(C)=O)O1. The van der Waals surface area contributed by atoms with E-state index in [2.05, 4.69) is 20.9 Å². The summed E-state index contributed by atoms with van der Waals surface area (Å²) in [5, 5.41) is 7.93. The summed E-state index contributed by atoms with van der Waals surface area (Å²) in [5.74, 6) is -4.93. The van der Waals surface area contributed by atoms with E-state index in [9.17, 15) is 33.6 Å². The van der Waals surface area contributed by atoms with Crippen molar-refractivity contribution in [1.82, 2.24) is 16.0 Å². The Morgan fingerprint density at radius 1 is 0.863 bits per heavy atom. The Balaban J connectivity index is 4.00. The first-order valence-electron chi connectivity index (χ1n) is 16.2. The molecule has 0 aromatic heterocycles. The number of hydrogen-bond acceptors (Lipinski definition) is 14. The van der Waals surface area contributed by atoms with Crippen LogP contribution in [0.3, 0.4) is 0 Å². The van der Waals surface area contributed by atoms with Crippen molar-refractivity contribution in [2.45, 2.75) is 131 Å². The van der Waals surface area contributed by atoms with Gasteiger partial charge in [-0.05, 0) is 60.0 Å². The van der Waals surface area contributed by atoms with Crippen LogP contribution >= 0.6 is 0 Å². The van der Waals surface area contributed by atoms with Gasteiger partial charge >= 0.3 is 36.1 Å². The molecule has 0 aliphatic carbocycles. The molecule has 3 amide bonds. The van der Waals surface area contributed by atoms with Crippen molar-refractivity contribution >= 4 is 47.9 Å². The van der Waals surface area contributed by atoms with Gasteiger partial charge in [-0.1, -0.05) is 13.8 Å². The van der Waals surface area contributed by atoms with Crippen LogP contribution < -0.4 is 16.0 Å². The maximum Gasteiger partial charge on any atom is 0.437 e. The number of carbonyl (C=O) groups is 7. The minimum atomic E-state index is -1.65. The number of aliphatic imine (C=N–C) groups is 1. The highest BCUT2D eigenvalue weighted by Crippen LogP contribution is 2.27. The lowest BCUT2D eigenvalue weighted by atomic mass is 9.91. The zero-order chi connectivity index (χ0) is 39.3. The van der Waals surface area contributed by atoms with E-state index in [-0.39, 0.29) is 12.3 Å². The van der Waals surface area contributed by atoms with Gasteiger partial charge in [-0.15, -0.1) is 4.99 Å². The van der Waals surface area contributed by atoms with E-state index in [1.165, 1.54) is 6.08 Å². The molecule has 1 aliphatic heterocycles. The molecule has 0 fully saturated rings. The quantitative estimate of drug-likeness (QED) is 0.113. The van der Waals surface area contributed by atoms with E-state index in [1.54, 1.807) is 41.5 Å². The molecule has 18 nitrogen and oxygen atoms in total. The molecule has 0 unspecified atom stereocenters. The Morgan fingerprint density at radius 3 is 1.94 bits per heavy atom. The Hall–Kier alpha value is -4.90. The number of methoxy groups -OCH3 is 1. The number of nitrogens with zero attached hydrogens (tertiary/aromatic N) is 1. The summed E-state index contributed by atoms with van der Waals surface area (Å²) in [6.07, 6.45) is -5.26. The number of ether oxygens (including phenoxy) is 7. The van der Waals surface area contributed by atoms with E-state index >= 15 is 0 Å². The fraction of sp³-hybridized carbons (Fsp3) is 0.697. The van der Waals surface area contributed by atoms with E-state index in [1.807, 2.05) is 13.8 Å². The minimum Gasteiger partial charge on any atom is -0.477 e. The zero-order valence-electron chi connectivity index (χ0n) is 31.3. The van der Waals surface area contributed by atoms with Gasteiger partial charge in [-0.25, -0.2) is 14.4 Å². The predicted molar refractivity (Wildman–Crippen MR) is 179 cm³/mol. The monoisotopic (exact) mass is 728 g/mol. The first kappa shape index (κ1) is 44.1. The maximum atomic E-state index is 13.4. The molecule has 0 spiro atoms. The number of amides is 3. The van der Waals surface area contributed by atoms with Gasteiger partial charge in [-0.2, -0.15) is 0 Å². The van der Waals surface area contributed by atoms with Crippen LogP contribution in [-0.4, -0.2) is 103 Å². The molecule has 3 N–H and O–H groups in total. The summed E-state index contributed by atoms with van der Waals surface area (Å²) in [4.78, 5) is 92.3. The standard InChI is InChI=1S/C33H52N4O14/c1-17(2)13-14-24(41)35-25-21(34-29(36-30(43)50-32(6,7)8)37-31(44)51-33(9,10)11)15-22(28(42)45-12)49-27(25)26(48-20(5)40)23(47-19(4)39)16-46-18(3)38/h15,17,21,23,25-27H,13-14,16H2,1-12H3,(H,35,41)(H2,34,36,37,43,44)/t21-,23+,25+,26+,27+/m0/s1. The van der Waals surface area contributed by atoms with Crippen LogP contribution in [0.1, 0.15) is 89.0 Å². The van der Waals surface area contributed by atoms with Crippen LogP contribution in [0.15, 0.2) is 16.8 Å². The van der Waals surface area contributed by atoms with Crippen molar-refractivity contribution in [2.24, 2.45) is 10.9 Å². The average molecular weight is 729 g/mol. The van der Waals surface area contributed by atoms with Crippen molar-refractivity contribution in [3.05, 3.63) is 11.8 Å². The molecule has 0 bridgehead atoms. The molecule has 1 aliphatic rings. The summed E-state index contributed by atoms with van der Waals surface area (Å²) in [6.45, 7) is 16.0. The number of rotatable bonds is 12. The Kier molecular flexibility index (Phi) is 16.9. The third-order valence-corrected chi connectivity index (χ3v) is 6.28. The smallest absolute Gasteiger partial charge is 0.437 e. The fourth-order valence-corrected chi connectivity index (χ4v) is 4.38. The maximum absolute atomic E-state index is 13.4. The van der Waals surface area contributed by atoms with Crippen LogP contribution in [0.4, 0.5) is 9.59 Å². The third-order valence-electron chi connectivity index (χ3n) is 6.28. The van der Waals surface area contributed by atoms with Crippen LogP contribution in [0.2, 0.25) is 0 Å². The second-order valence-electron chi connectivity index (χ2n) is 13.9. The van der Waals surface area contributed by atoms with Crippen LogP contribution in [-0.2, 0) is 57.1 Å². The van der Waals surface area contributed by atoms with Gasteiger partial charge in [0.1, 0.15) is 17.8 Å². The van der Waals surface area contributed by atoms with Crippen molar-refractivity contribution in [3.8, 4) is 0 Å². The van der Waals surface area contributed by atoms with Crippen molar-refractivity contribution in [3.63, 3.8) is 0 Å². The highest BCUT2D eigenvalue weighted by molar-refractivity contribution is 5.99. The van der Waals surface area contributed by atoms with Gasteiger partial charge in [0.2, 0.25) is 17.6 Å². The summed E-state index contributed by atoms with van der Waals surface area (Å²) >= 11 is 0. The molecule has 0 saturated heterocycles. The summed E-state index contributed by atoms with van der Waals surface area (Å²) < 4.78 is 37.5. The molecule has 0 aromatic carbocycles. The number of alkyl carbamates (subject to hydrolysis) is 1. The molecule has 0 aromatic rings. The first-order valence-corrected chi connectivity index (χ1v) is 16.2. The molecule has 1 rings (SSSR count). The largest absolute Gasteiger partial charge is 0.477 e. The van der Waals surface area contributed by atoms with Gasteiger partial charge in [0.15, 0.2) is 18.3 Å². The fourth-order valence-electron chi connectivity index (χ4n) is 4.38. The zero-order valence-corrected chi connectivity index (χ0v) is 31.3. The topological polar surface area (TPSA) is 233 Å². The summed E-state index contributed by atoms with van der Waals surface area (Å²) in [5.41, 5.74) is -1.96. The minimum absolute atomic E-state index is 0.0231. The third kappa shape index (κ3) is 17.5. The van der Waals surface area contributed by atoms with Crippen molar-refractivity contribution in [1.29, 1.82) is 0 Å². The number of guanidine groups is 1. The van der Waals surface area contributed by atoms with Gasteiger partial charge in [0.25, 0.3) is 0 Å². The average Bonchev–Trinajstić information content (AvgIpc) is 2.94. The van der Waals surface area contributed by atoms with E-state index in [0.717, 1.165) is 27.9 Å². The Labute approximate surface area is 297 Å². The molecule has 5 atom stereocenters. The van der Waals surface area contributed by atoms with E-state index in [0.29, 0.717) is 6.42 Å². The molecular formula is C33H52N4O14. The Morgan fingerprint density at radius 2 is 1.45 bits per heavy atom. The number of esters is 4. The molecule has 1 heterocycles. The van der Waals surface area contributed by atoms with Crippen LogP contribution in [0.5, 0.6) is 0 Å². The molecule has 0 saturated carbocycles. The lowest BCUT2D eigenvalue weighted by Gasteiger charge is -2.42. The first-order chi connectivity index (χ1) is 23.4. The van der Waals surface area contributed by atoms with Crippen molar-refractivity contribution in [2.75, 3.05) is 13.7 Å². The summed E-state index contributed by atoms with van der Waals surface area (Å²) in [6, 6.07) is -2.66.